The number of carboxylic acid groups (broad SMARTS) is 1. The van der Waals surface area contributed by atoms with Crippen LogP contribution in [0.5, 0.6) is 5.75 Å². The van der Waals surface area contributed by atoms with Crippen molar-refractivity contribution in [3.05, 3.63) is 29.3 Å². The molecule has 0 radical (unpaired) electrons. The lowest BCUT2D eigenvalue weighted by atomic mass is 9.82. The number of methoxy groups -OCH3 is 3. The monoisotopic (exact) mass is 426 g/mol. The molecule has 1 aromatic rings. The van der Waals surface area contributed by atoms with Gasteiger partial charge in [0.05, 0.1) is 6.10 Å². The van der Waals surface area contributed by atoms with Crippen molar-refractivity contribution in [2.75, 3.05) is 41.7 Å². The average molecular weight is 426 g/mol. The number of ketones is 1. The van der Waals surface area contributed by atoms with Crippen LogP contribution < -0.4 is 4.74 Å². The van der Waals surface area contributed by atoms with Crippen LogP contribution >= 0.6 is 0 Å². The van der Waals surface area contributed by atoms with E-state index in [0.717, 1.165) is 5.56 Å². The van der Waals surface area contributed by atoms with Crippen molar-refractivity contribution in [1.29, 1.82) is 0 Å². The Balaban J connectivity index is 2.38. The molecule has 0 saturated heterocycles. The van der Waals surface area contributed by atoms with E-state index in [0.29, 0.717) is 25.7 Å². The Morgan fingerprint density at radius 2 is 1.77 bits per heavy atom. The molecule has 168 valence electrons. The standard InChI is InChI=1S/C21H30O9/c1-25-11-28-18-10-14(6-4-9-17(22)20(18)30-13-27-3)15-7-5-8-16(21(23)24)19(15)29-12-26-2/h5,7-8,14,18,20H,4,6,9-13H2,1-3H3,(H,23,24). The quantitative estimate of drug-likeness (QED) is 0.534. The minimum atomic E-state index is -1.09. The van der Waals surface area contributed by atoms with Crippen LogP contribution in [0.2, 0.25) is 0 Å². The van der Waals surface area contributed by atoms with Gasteiger partial charge in [-0.25, -0.2) is 4.79 Å². The van der Waals surface area contributed by atoms with E-state index >= 15 is 0 Å². The summed E-state index contributed by atoms with van der Waals surface area (Å²) >= 11 is 0. The van der Waals surface area contributed by atoms with Gasteiger partial charge in [0.15, 0.2) is 12.6 Å². The highest BCUT2D eigenvalue weighted by Gasteiger charge is 2.35. The van der Waals surface area contributed by atoms with Crippen LogP contribution in [0.3, 0.4) is 0 Å². The molecule has 9 heteroatoms. The third-order valence-electron chi connectivity index (χ3n) is 4.95. The minimum Gasteiger partial charge on any atom is -0.478 e. The predicted octanol–water partition coefficient (Wildman–Crippen LogP) is 2.57. The van der Waals surface area contributed by atoms with Crippen LogP contribution in [0, 0.1) is 0 Å². The fourth-order valence-electron chi connectivity index (χ4n) is 3.65. The fraction of sp³-hybridized carbons (Fsp3) is 0.619. The maximum Gasteiger partial charge on any atom is 0.339 e. The number of carboxylic acids is 1. The largest absolute Gasteiger partial charge is 0.478 e. The Hall–Kier alpha value is -2.04. The second kappa shape index (κ2) is 12.6. The minimum absolute atomic E-state index is 0.000291. The number of benzene rings is 1. The third-order valence-corrected chi connectivity index (χ3v) is 4.95. The number of hydrogen-bond donors (Lipinski definition) is 1. The molecule has 0 spiro atoms. The highest BCUT2D eigenvalue weighted by molar-refractivity contribution is 5.91. The molecular weight excluding hydrogens is 396 g/mol. The molecule has 1 aromatic carbocycles. The molecule has 3 atom stereocenters. The Morgan fingerprint density at radius 1 is 1.07 bits per heavy atom. The highest BCUT2D eigenvalue weighted by Crippen LogP contribution is 2.39. The van der Waals surface area contributed by atoms with E-state index in [2.05, 4.69) is 0 Å². The van der Waals surface area contributed by atoms with E-state index in [9.17, 15) is 14.7 Å². The molecule has 2 rings (SSSR count). The molecule has 30 heavy (non-hydrogen) atoms. The number of carbonyl (C=O) groups is 2. The van der Waals surface area contributed by atoms with Crippen molar-refractivity contribution < 1.29 is 43.1 Å². The number of carbonyl (C=O) groups excluding carboxylic acids is 1. The summed E-state index contributed by atoms with van der Waals surface area (Å²) in [6, 6.07) is 5.02. The molecule has 0 amide bonds. The first-order chi connectivity index (χ1) is 14.5. The van der Waals surface area contributed by atoms with Gasteiger partial charge in [-0.15, -0.1) is 0 Å². The summed E-state index contributed by atoms with van der Waals surface area (Å²) < 4.78 is 32.1. The first kappa shape index (κ1) is 24.2. The first-order valence-electron chi connectivity index (χ1n) is 9.75. The normalized spacial score (nSPS) is 22.4. The third kappa shape index (κ3) is 6.48. The van der Waals surface area contributed by atoms with Crippen molar-refractivity contribution in [3.8, 4) is 5.75 Å². The number of Topliss-reactive ketones (excluding diaryl/α,β-unsaturated/α-hetero) is 1. The van der Waals surface area contributed by atoms with Gasteiger partial charge in [-0.3, -0.25) is 4.79 Å². The van der Waals surface area contributed by atoms with Gasteiger partial charge in [-0.1, -0.05) is 12.1 Å². The van der Waals surface area contributed by atoms with Crippen LogP contribution in [-0.2, 0) is 28.5 Å². The summed E-state index contributed by atoms with van der Waals surface area (Å²) in [6.07, 6.45) is 0.673. The van der Waals surface area contributed by atoms with E-state index in [1.165, 1.54) is 27.4 Å². The van der Waals surface area contributed by atoms with Gasteiger partial charge in [-0.05, 0) is 36.8 Å². The average Bonchev–Trinajstić information content (AvgIpc) is 2.73. The zero-order valence-electron chi connectivity index (χ0n) is 17.6. The SMILES string of the molecule is COCOc1c(C(=O)O)cccc1C1CCCC(=O)C(OCOC)C(OCOC)C1. The summed E-state index contributed by atoms with van der Waals surface area (Å²) in [4.78, 5) is 24.3. The predicted molar refractivity (Wildman–Crippen MR) is 106 cm³/mol. The number of para-hydroxylation sites is 1. The lowest BCUT2D eigenvalue weighted by molar-refractivity contribution is -0.174. The van der Waals surface area contributed by atoms with Crippen molar-refractivity contribution in [2.45, 2.75) is 43.8 Å². The van der Waals surface area contributed by atoms with Gasteiger partial charge >= 0.3 is 5.97 Å². The molecule has 3 unspecified atom stereocenters. The fourth-order valence-corrected chi connectivity index (χ4v) is 3.65. The zero-order chi connectivity index (χ0) is 21.9. The van der Waals surface area contributed by atoms with E-state index < -0.39 is 18.2 Å². The van der Waals surface area contributed by atoms with Gasteiger partial charge in [0.1, 0.15) is 31.0 Å². The number of aromatic carboxylic acids is 1. The van der Waals surface area contributed by atoms with E-state index in [1.54, 1.807) is 6.07 Å². The van der Waals surface area contributed by atoms with Crippen molar-refractivity contribution >= 4 is 11.8 Å². The number of rotatable bonds is 11. The lowest BCUT2D eigenvalue weighted by Crippen LogP contribution is -2.41. The molecule has 9 nitrogen and oxygen atoms in total. The van der Waals surface area contributed by atoms with Gasteiger partial charge in [0.25, 0.3) is 0 Å². The molecule has 1 aliphatic carbocycles. The van der Waals surface area contributed by atoms with Gasteiger partial charge < -0.3 is 33.5 Å². The molecule has 0 aliphatic heterocycles. The van der Waals surface area contributed by atoms with Crippen LogP contribution in [0.4, 0.5) is 0 Å². The number of hydrogen-bond acceptors (Lipinski definition) is 8. The van der Waals surface area contributed by atoms with E-state index in [1.807, 2.05) is 6.07 Å². The van der Waals surface area contributed by atoms with Crippen molar-refractivity contribution in [3.63, 3.8) is 0 Å². The Kier molecular flexibility index (Phi) is 10.2. The second-order valence-electron chi connectivity index (χ2n) is 6.98. The number of ether oxygens (including phenoxy) is 6. The van der Waals surface area contributed by atoms with Gasteiger partial charge in [0.2, 0.25) is 0 Å². The van der Waals surface area contributed by atoms with Crippen LogP contribution in [0.15, 0.2) is 18.2 Å². The van der Waals surface area contributed by atoms with Gasteiger partial charge in [0, 0.05) is 27.8 Å². The summed E-state index contributed by atoms with van der Waals surface area (Å²) in [5.41, 5.74) is 0.794. The molecule has 1 fully saturated rings. The van der Waals surface area contributed by atoms with Crippen LogP contribution in [-0.4, -0.2) is 70.8 Å². The van der Waals surface area contributed by atoms with Crippen LogP contribution in [0.25, 0.3) is 0 Å². The highest BCUT2D eigenvalue weighted by atomic mass is 16.7. The molecule has 1 saturated carbocycles. The molecular formula is C21H30O9. The summed E-state index contributed by atoms with van der Waals surface area (Å²) in [6.45, 7) is -0.115. The van der Waals surface area contributed by atoms with E-state index in [-0.39, 0.29) is 43.4 Å². The lowest BCUT2D eigenvalue weighted by Gasteiger charge is -2.32. The Labute approximate surface area is 176 Å². The smallest absolute Gasteiger partial charge is 0.339 e. The zero-order valence-corrected chi connectivity index (χ0v) is 17.6. The van der Waals surface area contributed by atoms with Crippen molar-refractivity contribution in [2.24, 2.45) is 0 Å². The molecule has 0 bridgehead atoms. The first-order valence-corrected chi connectivity index (χ1v) is 9.75. The maximum absolute atomic E-state index is 12.6. The topological polar surface area (TPSA) is 110 Å². The van der Waals surface area contributed by atoms with Gasteiger partial charge in [-0.2, -0.15) is 0 Å². The summed E-state index contributed by atoms with van der Waals surface area (Å²) in [7, 11) is 4.45. The van der Waals surface area contributed by atoms with Crippen molar-refractivity contribution in [1.82, 2.24) is 0 Å². The second-order valence-corrected chi connectivity index (χ2v) is 6.98. The molecule has 1 aliphatic rings. The maximum atomic E-state index is 12.6. The molecule has 1 N–H and O–H groups in total. The summed E-state index contributed by atoms with van der Waals surface area (Å²) in [5.74, 6) is -0.984. The Bertz CT molecular complexity index is 691. The molecule has 0 heterocycles. The van der Waals surface area contributed by atoms with E-state index in [4.69, 9.17) is 28.4 Å². The molecule has 0 aromatic heterocycles. The summed E-state index contributed by atoms with van der Waals surface area (Å²) in [5, 5.41) is 9.59. The Morgan fingerprint density at radius 3 is 2.43 bits per heavy atom. The van der Waals surface area contributed by atoms with Crippen LogP contribution in [0.1, 0.15) is 47.5 Å².